The zero-order valence-electron chi connectivity index (χ0n) is 22.7. The molecular formula is C33H25Cl2NO7. The number of esters is 2. The Balaban J connectivity index is 1.12. The molecule has 1 saturated carbocycles. The number of fused-ring (bicyclic) bond motifs is 5. The Morgan fingerprint density at radius 3 is 2.07 bits per heavy atom. The normalized spacial score (nSPS) is 22.4. The Hall–Kier alpha value is -4.27. The van der Waals surface area contributed by atoms with Crippen LogP contribution in [0.4, 0.5) is 0 Å². The van der Waals surface area contributed by atoms with E-state index in [4.69, 9.17) is 32.7 Å². The van der Waals surface area contributed by atoms with Crippen LogP contribution in [0.1, 0.15) is 32.7 Å². The number of halogens is 2. The molecule has 1 saturated heterocycles. The van der Waals surface area contributed by atoms with Crippen molar-refractivity contribution in [1.29, 1.82) is 0 Å². The molecule has 0 N–H and O–H groups in total. The first-order chi connectivity index (χ1) is 20.7. The molecular weight excluding hydrogens is 593 g/mol. The summed E-state index contributed by atoms with van der Waals surface area (Å²) < 4.78 is 10.7. The predicted octanol–water partition coefficient (Wildman–Crippen LogP) is 5.36. The molecule has 10 heteroatoms. The van der Waals surface area contributed by atoms with Gasteiger partial charge in [-0.15, -0.1) is 0 Å². The number of allylic oxidation sites excluding steroid dienone is 2. The number of imide groups is 1. The molecule has 43 heavy (non-hydrogen) atoms. The maximum atomic E-state index is 13.5. The van der Waals surface area contributed by atoms with E-state index >= 15 is 0 Å². The lowest BCUT2D eigenvalue weighted by molar-refractivity contribution is -0.158. The van der Waals surface area contributed by atoms with Crippen molar-refractivity contribution >= 4 is 52.7 Å². The van der Waals surface area contributed by atoms with Crippen molar-refractivity contribution in [1.82, 2.24) is 4.90 Å². The molecule has 1 heterocycles. The number of carbonyl (C=O) groups is 5. The van der Waals surface area contributed by atoms with Crippen molar-refractivity contribution in [3.63, 3.8) is 0 Å². The van der Waals surface area contributed by atoms with Gasteiger partial charge >= 0.3 is 11.9 Å². The first-order valence-corrected chi connectivity index (χ1v) is 14.5. The summed E-state index contributed by atoms with van der Waals surface area (Å²) in [7, 11) is 0. The van der Waals surface area contributed by atoms with E-state index < -0.39 is 42.2 Å². The Morgan fingerprint density at radius 2 is 1.44 bits per heavy atom. The van der Waals surface area contributed by atoms with E-state index in [9.17, 15) is 24.0 Å². The summed E-state index contributed by atoms with van der Waals surface area (Å²) in [6, 6.07) is 17.9. The molecule has 0 radical (unpaired) electrons. The first-order valence-electron chi connectivity index (χ1n) is 13.8. The van der Waals surface area contributed by atoms with Crippen LogP contribution in [0.25, 0.3) is 0 Å². The Labute approximate surface area is 257 Å². The molecule has 0 spiro atoms. The van der Waals surface area contributed by atoms with Gasteiger partial charge in [-0.05, 0) is 66.3 Å². The summed E-state index contributed by atoms with van der Waals surface area (Å²) in [6.45, 7) is -0.595. The summed E-state index contributed by atoms with van der Waals surface area (Å²) >= 11 is 11.9. The number of carbonyl (C=O) groups excluding carboxylic acids is 5. The van der Waals surface area contributed by atoms with Crippen LogP contribution in [-0.4, -0.2) is 47.1 Å². The molecule has 3 aliphatic rings. The third-order valence-electron chi connectivity index (χ3n) is 8.25. The summed E-state index contributed by atoms with van der Waals surface area (Å²) in [5.41, 5.74) is 1.17. The summed E-state index contributed by atoms with van der Waals surface area (Å²) in [5.74, 6) is -3.44. The number of hydrogen-bond donors (Lipinski definition) is 0. The summed E-state index contributed by atoms with van der Waals surface area (Å²) in [6.07, 6.45) is 4.83. The van der Waals surface area contributed by atoms with Crippen molar-refractivity contribution in [3.05, 3.63) is 112 Å². The summed E-state index contributed by atoms with van der Waals surface area (Å²) in [4.78, 5) is 66.7. The standard InChI is InChI=1S/C33H25Cl2NO7/c34-24-13-10-22(16-25(24)35)32(40)43-23-11-8-19(9-12-23)27(37)17-42-33(41)26(14-18-4-2-1-3-5-18)36-30(38)28-20-6-7-21(15-20)29(28)31(36)39/h1-13,16,20-21,26,28-29H,14-15,17H2. The monoisotopic (exact) mass is 617 g/mol. The number of hydrogen-bond acceptors (Lipinski definition) is 7. The largest absolute Gasteiger partial charge is 0.456 e. The van der Waals surface area contributed by atoms with Gasteiger partial charge in [-0.2, -0.15) is 0 Å². The van der Waals surface area contributed by atoms with Gasteiger partial charge in [0.2, 0.25) is 11.8 Å². The highest BCUT2D eigenvalue weighted by atomic mass is 35.5. The molecule has 2 amide bonds. The fourth-order valence-corrected chi connectivity index (χ4v) is 6.46. The molecule has 3 aromatic carbocycles. The van der Waals surface area contributed by atoms with Gasteiger partial charge in [-0.1, -0.05) is 65.7 Å². The zero-order chi connectivity index (χ0) is 30.2. The highest BCUT2D eigenvalue weighted by Crippen LogP contribution is 2.53. The van der Waals surface area contributed by atoms with E-state index in [0.717, 1.165) is 16.9 Å². The van der Waals surface area contributed by atoms with Crippen LogP contribution in [0.5, 0.6) is 5.75 Å². The first kappa shape index (κ1) is 28.8. The lowest BCUT2D eigenvalue weighted by Gasteiger charge is -2.26. The lowest BCUT2D eigenvalue weighted by atomic mass is 9.85. The Morgan fingerprint density at radius 1 is 0.814 bits per heavy atom. The van der Waals surface area contributed by atoms with Crippen LogP contribution in [0.3, 0.4) is 0 Å². The summed E-state index contributed by atoms with van der Waals surface area (Å²) in [5, 5.41) is 0.515. The molecule has 0 aromatic heterocycles. The molecule has 218 valence electrons. The van der Waals surface area contributed by atoms with Crippen molar-refractivity contribution in [2.75, 3.05) is 6.61 Å². The van der Waals surface area contributed by atoms with E-state index in [0.29, 0.717) is 5.02 Å². The van der Waals surface area contributed by atoms with Crippen molar-refractivity contribution < 1.29 is 33.4 Å². The number of ether oxygens (including phenoxy) is 2. The van der Waals surface area contributed by atoms with Crippen LogP contribution >= 0.6 is 23.2 Å². The average molecular weight is 618 g/mol. The van der Waals surface area contributed by atoms with Gasteiger partial charge in [0.05, 0.1) is 27.4 Å². The maximum absolute atomic E-state index is 13.5. The van der Waals surface area contributed by atoms with Gasteiger partial charge in [0.25, 0.3) is 0 Å². The number of amides is 2. The number of ketones is 1. The molecule has 2 fully saturated rings. The zero-order valence-corrected chi connectivity index (χ0v) is 24.2. The topological polar surface area (TPSA) is 107 Å². The Kier molecular flexibility index (Phi) is 7.90. The third kappa shape index (κ3) is 5.60. The van der Waals surface area contributed by atoms with Gasteiger partial charge < -0.3 is 9.47 Å². The second kappa shape index (κ2) is 11.8. The minimum Gasteiger partial charge on any atom is -0.456 e. The van der Waals surface area contributed by atoms with Gasteiger partial charge in [0.1, 0.15) is 11.8 Å². The van der Waals surface area contributed by atoms with Crippen molar-refractivity contribution in [2.24, 2.45) is 23.7 Å². The molecule has 3 aromatic rings. The minimum atomic E-state index is -1.19. The number of nitrogens with zero attached hydrogens (tertiary/aromatic N) is 1. The van der Waals surface area contributed by atoms with Crippen LogP contribution in [-0.2, 0) is 25.5 Å². The average Bonchev–Trinajstić information content (AvgIpc) is 3.70. The molecule has 1 aliphatic heterocycles. The van der Waals surface area contributed by atoms with Gasteiger partial charge in [0, 0.05) is 12.0 Å². The van der Waals surface area contributed by atoms with E-state index in [1.807, 2.05) is 18.2 Å². The SMILES string of the molecule is O=C(COC(=O)C(Cc1ccccc1)N1C(=O)C2C3C=CC(C3)C2C1=O)c1ccc(OC(=O)c2ccc(Cl)c(Cl)c2)cc1. The number of likely N-dealkylation sites (tertiary alicyclic amines) is 1. The van der Waals surface area contributed by atoms with E-state index in [1.54, 1.807) is 24.3 Å². The van der Waals surface area contributed by atoms with Crippen LogP contribution in [0.2, 0.25) is 10.0 Å². The van der Waals surface area contributed by atoms with Crippen molar-refractivity contribution in [2.45, 2.75) is 18.9 Å². The van der Waals surface area contributed by atoms with Crippen LogP contribution in [0.15, 0.2) is 84.9 Å². The molecule has 2 aliphatic carbocycles. The maximum Gasteiger partial charge on any atom is 0.343 e. The quantitative estimate of drug-likeness (QED) is 0.105. The third-order valence-corrected chi connectivity index (χ3v) is 8.99. The fraction of sp³-hybridized carbons (Fsp3) is 0.242. The molecule has 2 bridgehead atoms. The predicted molar refractivity (Wildman–Crippen MR) is 157 cm³/mol. The van der Waals surface area contributed by atoms with Crippen LogP contribution in [0, 0.1) is 23.7 Å². The van der Waals surface area contributed by atoms with Gasteiger partial charge in [-0.3, -0.25) is 19.3 Å². The number of benzene rings is 3. The van der Waals surface area contributed by atoms with Crippen LogP contribution < -0.4 is 4.74 Å². The smallest absolute Gasteiger partial charge is 0.343 e. The lowest BCUT2D eigenvalue weighted by Crippen LogP contribution is -2.48. The fourth-order valence-electron chi connectivity index (χ4n) is 6.16. The second-order valence-corrected chi connectivity index (χ2v) is 11.6. The molecule has 8 nitrogen and oxygen atoms in total. The molecule has 5 unspecified atom stereocenters. The Bertz CT molecular complexity index is 1620. The number of Topliss-reactive ketones (excluding diaryl/α,β-unsaturated/α-hetero) is 1. The number of rotatable bonds is 9. The molecule has 6 rings (SSSR count). The van der Waals surface area contributed by atoms with Gasteiger partial charge in [-0.25, -0.2) is 9.59 Å². The van der Waals surface area contributed by atoms with Gasteiger partial charge in [0.15, 0.2) is 12.4 Å². The minimum absolute atomic E-state index is 0.00217. The van der Waals surface area contributed by atoms with E-state index in [-0.39, 0.29) is 52.0 Å². The second-order valence-electron chi connectivity index (χ2n) is 10.8. The highest BCUT2D eigenvalue weighted by Gasteiger charge is 2.61. The van der Waals surface area contributed by atoms with Crippen molar-refractivity contribution in [3.8, 4) is 5.75 Å². The van der Waals surface area contributed by atoms with E-state index in [2.05, 4.69) is 0 Å². The van der Waals surface area contributed by atoms with E-state index in [1.165, 1.54) is 42.5 Å². The molecule has 5 atom stereocenters. The highest BCUT2D eigenvalue weighted by molar-refractivity contribution is 6.42.